The number of aliphatic carboxylic acids is 1. The molecule has 11 N–H and O–H groups in total. The number of nitrogens with one attached hydrogen (secondary N) is 3. The zero-order valence-corrected chi connectivity index (χ0v) is 18.1. The second-order valence-corrected chi connectivity index (χ2v) is 7.16. The van der Waals surface area contributed by atoms with E-state index in [2.05, 4.69) is 20.9 Å². The topological polar surface area (TPSA) is 235 Å². The van der Waals surface area contributed by atoms with Crippen LogP contribution in [-0.2, 0) is 25.6 Å². The molecular formula is C20H31N7O6. The molecule has 0 spiro atoms. The molecule has 0 fully saturated rings. The highest BCUT2D eigenvalue weighted by atomic mass is 16.4. The van der Waals surface area contributed by atoms with E-state index in [1.807, 2.05) is 0 Å². The summed E-state index contributed by atoms with van der Waals surface area (Å²) < 4.78 is 0. The minimum absolute atomic E-state index is 0.0645. The van der Waals surface area contributed by atoms with Crippen LogP contribution in [0.25, 0.3) is 0 Å². The molecule has 33 heavy (non-hydrogen) atoms. The molecule has 0 saturated carbocycles. The van der Waals surface area contributed by atoms with E-state index in [9.17, 15) is 19.2 Å². The molecule has 0 bridgehead atoms. The number of rotatable bonds is 14. The second-order valence-electron chi connectivity index (χ2n) is 7.16. The Morgan fingerprint density at radius 3 is 2.24 bits per heavy atom. The molecule has 1 aromatic carbocycles. The highest BCUT2D eigenvalue weighted by Gasteiger charge is 2.25. The summed E-state index contributed by atoms with van der Waals surface area (Å²) in [6.07, 6.45) is 0.870. The molecule has 0 aromatic heterocycles. The second kappa shape index (κ2) is 14.4. The van der Waals surface area contributed by atoms with Crippen molar-refractivity contribution in [2.75, 3.05) is 19.7 Å². The third-order valence-corrected chi connectivity index (χ3v) is 4.46. The van der Waals surface area contributed by atoms with Gasteiger partial charge in [-0.25, -0.2) is 4.79 Å². The SMILES string of the molecule is NC(N)=NCCCC(N)C(=O)NC(Cc1ccccc1)C(=O)NCC(=O)NC(CO)C(=O)O. The number of aliphatic hydroxyl groups is 1. The smallest absolute Gasteiger partial charge is 0.328 e. The molecule has 3 unspecified atom stereocenters. The number of benzene rings is 1. The third kappa shape index (κ3) is 10.9. The lowest BCUT2D eigenvalue weighted by molar-refractivity contribution is -0.142. The maximum absolute atomic E-state index is 12.7. The monoisotopic (exact) mass is 465 g/mol. The highest BCUT2D eigenvalue weighted by Crippen LogP contribution is 2.05. The number of carbonyl (C=O) groups is 4. The number of carbonyl (C=O) groups excluding carboxylic acids is 3. The van der Waals surface area contributed by atoms with Gasteiger partial charge in [-0.05, 0) is 18.4 Å². The van der Waals surface area contributed by atoms with Gasteiger partial charge in [0.25, 0.3) is 0 Å². The van der Waals surface area contributed by atoms with Gasteiger partial charge in [-0.2, -0.15) is 0 Å². The van der Waals surface area contributed by atoms with Gasteiger partial charge in [0.15, 0.2) is 5.96 Å². The Labute approximate surface area is 190 Å². The third-order valence-electron chi connectivity index (χ3n) is 4.46. The quantitative estimate of drug-likeness (QED) is 0.0782. The molecule has 0 aliphatic carbocycles. The lowest BCUT2D eigenvalue weighted by Gasteiger charge is -2.21. The molecule has 13 nitrogen and oxygen atoms in total. The van der Waals surface area contributed by atoms with E-state index in [1.165, 1.54) is 0 Å². The predicted molar refractivity (Wildman–Crippen MR) is 120 cm³/mol. The fraction of sp³-hybridized carbons (Fsp3) is 0.450. The van der Waals surface area contributed by atoms with Crippen molar-refractivity contribution < 1.29 is 29.4 Å². The molecule has 0 aliphatic heterocycles. The first-order valence-electron chi connectivity index (χ1n) is 10.2. The largest absolute Gasteiger partial charge is 0.480 e. The van der Waals surface area contributed by atoms with Crippen LogP contribution in [0.4, 0.5) is 0 Å². The Hall–Kier alpha value is -3.71. The van der Waals surface area contributed by atoms with Crippen molar-refractivity contribution in [1.29, 1.82) is 0 Å². The molecule has 1 rings (SSSR count). The lowest BCUT2D eigenvalue weighted by atomic mass is 10.0. The summed E-state index contributed by atoms with van der Waals surface area (Å²) in [5, 5.41) is 24.8. The first-order valence-corrected chi connectivity index (χ1v) is 10.2. The molecule has 13 heteroatoms. The van der Waals surface area contributed by atoms with Crippen molar-refractivity contribution in [3.8, 4) is 0 Å². The first kappa shape index (κ1) is 27.3. The van der Waals surface area contributed by atoms with Gasteiger partial charge in [0.2, 0.25) is 17.7 Å². The minimum atomic E-state index is -1.49. The standard InChI is InChI=1S/C20H31N7O6/c21-13(7-4-8-24-20(22)23)17(30)27-14(9-12-5-2-1-3-6-12)18(31)25-10-16(29)26-15(11-28)19(32)33/h1-3,5-6,13-15,28H,4,7-11,21H2,(H,25,31)(H,26,29)(H,27,30)(H,32,33)(H4,22,23,24). The number of carboxylic acid groups (broad SMARTS) is 1. The van der Waals surface area contributed by atoms with Crippen LogP contribution >= 0.6 is 0 Å². The number of nitrogens with two attached hydrogens (primary N) is 3. The molecule has 0 aliphatic rings. The Kier molecular flexibility index (Phi) is 11.9. The molecular weight excluding hydrogens is 434 g/mol. The van der Waals surface area contributed by atoms with Gasteiger partial charge < -0.3 is 43.4 Å². The van der Waals surface area contributed by atoms with Crippen LogP contribution in [0.5, 0.6) is 0 Å². The average molecular weight is 466 g/mol. The first-order chi connectivity index (χ1) is 15.6. The molecule has 3 amide bonds. The Morgan fingerprint density at radius 2 is 1.67 bits per heavy atom. The van der Waals surface area contributed by atoms with E-state index < -0.39 is 55.0 Å². The van der Waals surface area contributed by atoms with Crippen molar-refractivity contribution in [3.63, 3.8) is 0 Å². The Balaban J connectivity index is 2.73. The van der Waals surface area contributed by atoms with Crippen molar-refractivity contribution in [3.05, 3.63) is 35.9 Å². The summed E-state index contributed by atoms with van der Waals surface area (Å²) in [6, 6.07) is 5.45. The van der Waals surface area contributed by atoms with Gasteiger partial charge in [-0.3, -0.25) is 19.4 Å². The molecule has 0 radical (unpaired) electrons. The zero-order chi connectivity index (χ0) is 24.8. The van der Waals surface area contributed by atoms with Crippen LogP contribution < -0.4 is 33.2 Å². The van der Waals surface area contributed by atoms with Gasteiger partial charge in [0.1, 0.15) is 12.1 Å². The van der Waals surface area contributed by atoms with Crippen molar-refractivity contribution in [2.45, 2.75) is 37.4 Å². The fourth-order valence-electron chi connectivity index (χ4n) is 2.71. The molecule has 3 atom stereocenters. The maximum atomic E-state index is 12.7. The van der Waals surface area contributed by atoms with E-state index in [0.29, 0.717) is 13.0 Å². The van der Waals surface area contributed by atoms with E-state index in [4.69, 9.17) is 27.4 Å². The highest BCUT2D eigenvalue weighted by molar-refractivity contribution is 5.92. The van der Waals surface area contributed by atoms with Crippen molar-refractivity contribution in [2.24, 2.45) is 22.2 Å². The predicted octanol–water partition coefficient (Wildman–Crippen LogP) is -3.23. The van der Waals surface area contributed by atoms with E-state index in [0.717, 1.165) is 5.56 Å². The number of hydrogen-bond donors (Lipinski definition) is 8. The minimum Gasteiger partial charge on any atom is -0.480 e. The summed E-state index contributed by atoms with van der Waals surface area (Å²) >= 11 is 0. The average Bonchev–Trinajstić information content (AvgIpc) is 2.78. The number of aliphatic imine (C=N–C) groups is 1. The van der Waals surface area contributed by atoms with Crippen LogP contribution in [0, 0.1) is 0 Å². The van der Waals surface area contributed by atoms with Crippen molar-refractivity contribution in [1.82, 2.24) is 16.0 Å². The molecule has 0 heterocycles. The van der Waals surface area contributed by atoms with E-state index in [-0.39, 0.29) is 18.8 Å². The number of nitrogens with zero attached hydrogens (tertiary/aromatic N) is 1. The van der Waals surface area contributed by atoms with Crippen LogP contribution in [0.1, 0.15) is 18.4 Å². The fourth-order valence-corrected chi connectivity index (χ4v) is 2.71. The summed E-state index contributed by atoms with van der Waals surface area (Å²) in [4.78, 5) is 51.8. The number of guanidine groups is 1. The van der Waals surface area contributed by atoms with Gasteiger partial charge in [0, 0.05) is 13.0 Å². The Morgan fingerprint density at radius 1 is 1.00 bits per heavy atom. The number of carboxylic acids is 1. The van der Waals surface area contributed by atoms with Crippen LogP contribution in [0.3, 0.4) is 0 Å². The summed E-state index contributed by atoms with van der Waals surface area (Å²) in [7, 11) is 0. The summed E-state index contributed by atoms with van der Waals surface area (Å²) in [6.45, 7) is -1.05. The van der Waals surface area contributed by atoms with Crippen LogP contribution in [-0.4, -0.2) is 77.7 Å². The number of aliphatic hydroxyl groups excluding tert-OH is 1. The van der Waals surface area contributed by atoms with Crippen LogP contribution in [0.15, 0.2) is 35.3 Å². The number of hydrogen-bond acceptors (Lipinski definition) is 7. The molecule has 1 aromatic rings. The normalized spacial score (nSPS) is 13.2. The van der Waals surface area contributed by atoms with Gasteiger partial charge in [-0.1, -0.05) is 30.3 Å². The van der Waals surface area contributed by atoms with Crippen LogP contribution in [0.2, 0.25) is 0 Å². The van der Waals surface area contributed by atoms with Gasteiger partial charge in [0.05, 0.1) is 19.2 Å². The van der Waals surface area contributed by atoms with Crippen molar-refractivity contribution >= 4 is 29.7 Å². The summed E-state index contributed by atoms with van der Waals surface area (Å²) in [5.41, 5.74) is 17.1. The summed E-state index contributed by atoms with van der Waals surface area (Å²) in [5.74, 6) is -3.52. The van der Waals surface area contributed by atoms with Gasteiger partial charge >= 0.3 is 5.97 Å². The lowest BCUT2D eigenvalue weighted by Crippen LogP contribution is -2.54. The van der Waals surface area contributed by atoms with E-state index >= 15 is 0 Å². The molecule has 182 valence electrons. The Bertz CT molecular complexity index is 829. The van der Waals surface area contributed by atoms with Gasteiger partial charge in [-0.15, -0.1) is 0 Å². The number of amides is 3. The zero-order valence-electron chi connectivity index (χ0n) is 18.1. The van der Waals surface area contributed by atoms with E-state index in [1.54, 1.807) is 30.3 Å². The maximum Gasteiger partial charge on any atom is 0.328 e. The molecule has 0 saturated heterocycles.